The molecule has 0 saturated heterocycles. The Morgan fingerprint density at radius 3 is 2.09 bits per heavy atom. The maximum atomic E-state index is 10.8. The van der Waals surface area contributed by atoms with Crippen molar-refractivity contribution in [1.29, 1.82) is 0 Å². The van der Waals surface area contributed by atoms with E-state index in [9.17, 15) is 4.80 Å². The zero-order chi connectivity index (χ0) is 24.4. The summed E-state index contributed by atoms with van der Waals surface area (Å²) < 4.78 is 22.0. The minimum absolute atomic E-state index is 0.215. The lowest BCUT2D eigenvalue weighted by Gasteiger charge is -2.35. The Bertz CT molecular complexity index is 1000. The van der Waals surface area contributed by atoms with Crippen molar-refractivity contribution in [2.24, 2.45) is 5.16 Å². The topological polar surface area (TPSA) is 78.7 Å². The van der Waals surface area contributed by atoms with E-state index in [2.05, 4.69) is 25.1 Å². The average Bonchev–Trinajstić information content (AvgIpc) is 3.27. The minimum atomic E-state index is -2.38. The molecular formula is C25H35NO6Si. The lowest BCUT2D eigenvalue weighted by atomic mass is 9.95. The molecule has 1 N–H and O–H groups in total. The first-order valence-corrected chi connectivity index (χ1v) is 13.9. The molecule has 3 rings (SSSR count). The molecule has 0 saturated carbocycles. The van der Waals surface area contributed by atoms with E-state index in [0.717, 1.165) is 28.2 Å². The summed E-state index contributed by atoms with van der Waals surface area (Å²) in [6, 6.07) is 9.84. The Morgan fingerprint density at radius 1 is 0.970 bits per heavy atom. The summed E-state index contributed by atoms with van der Waals surface area (Å²) in [6.07, 6.45) is 1.10. The summed E-state index contributed by atoms with van der Waals surface area (Å²) in [4.78, 5) is 16.6. The highest BCUT2D eigenvalue weighted by Crippen LogP contribution is 2.43. The van der Waals surface area contributed by atoms with Crippen molar-refractivity contribution < 1.29 is 28.6 Å². The second-order valence-electron chi connectivity index (χ2n) is 9.44. The number of nitrogens with zero attached hydrogens (tertiary/aromatic N) is 1. The summed E-state index contributed by atoms with van der Waals surface area (Å²) in [6.45, 7) is 8.17. The lowest BCUT2D eigenvalue weighted by molar-refractivity contribution is 0.0856. The molecule has 1 unspecified atom stereocenters. The van der Waals surface area contributed by atoms with Crippen LogP contribution in [0.1, 0.15) is 43.1 Å². The van der Waals surface area contributed by atoms with Gasteiger partial charge in [-0.25, -0.2) is 0 Å². The highest BCUT2D eigenvalue weighted by molar-refractivity contribution is 6.72. The summed E-state index contributed by atoms with van der Waals surface area (Å²) in [5.41, 5.74) is 3.74. The summed E-state index contributed by atoms with van der Waals surface area (Å²) in [7, 11) is 4.06. The van der Waals surface area contributed by atoms with Crippen LogP contribution in [0.15, 0.2) is 35.5 Å². The summed E-state index contributed by atoms with van der Waals surface area (Å²) in [5, 5.41) is 4.14. The van der Waals surface area contributed by atoms with Crippen LogP contribution >= 0.6 is 0 Å². The van der Waals surface area contributed by atoms with Crippen molar-refractivity contribution in [3.05, 3.63) is 47.0 Å². The Kier molecular flexibility index (Phi) is 7.28. The second kappa shape index (κ2) is 9.65. The van der Waals surface area contributed by atoms with Gasteiger partial charge in [0.2, 0.25) is 5.75 Å². The maximum absolute atomic E-state index is 10.8. The van der Waals surface area contributed by atoms with Crippen molar-refractivity contribution in [1.82, 2.24) is 0 Å². The molecule has 1 aliphatic rings. The predicted octanol–water partition coefficient (Wildman–Crippen LogP) is 5.11. The molecule has 33 heavy (non-hydrogen) atoms. The lowest BCUT2D eigenvalue weighted by Crippen LogP contribution is -2.40. The minimum Gasteiger partial charge on any atom is -0.496 e. The molecule has 2 aromatic rings. The van der Waals surface area contributed by atoms with Gasteiger partial charge in [0.15, 0.2) is 25.9 Å². The van der Waals surface area contributed by atoms with Gasteiger partial charge in [-0.2, -0.15) is 0 Å². The van der Waals surface area contributed by atoms with Gasteiger partial charge in [-0.05, 0) is 59.9 Å². The van der Waals surface area contributed by atoms with Gasteiger partial charge < -0.3 is 28.6 Å². The molecular weight excluding hydrogens is 438 g/mol. The standard InChI is InChI=1S/C25H35NO6Si/c1-25(2,33(7,8)27)15-18-11-16(9-10-20(18)28-3)21-14-19(26-32-21)17-12-22(29-4)24(31-6)23(13-17)30-5/h9-13,21,27H,14-15H2,1-8H3. The van der Waals surface area contributed by atoms with Gasteiger partial charge in [0, 0.05) is 12.0 Å². The first kappa shape index (κ1) is 24.9. The normalized spacial score (nSPS) is 16.2. The van der Waals surface area contributed by atoms with Gasteiger partial charge in [-0.3, -0.25) is 0 Å². The van der Waals surface area contributed by atoms with Crippen molar-refractivity contribution >= 4 is 14.0 Å². The van der Waals surface area contributed by atoms with E-state index >= 15 is 0 Å². The number of benzene rings is 2. The van der Waals surface area contributed by atoms with Crippen molar-refractivity contribution in [2.75, 3.05) is 28.4 Å². The number of ether oxygens (including phenoxy) is 4. The fourth-order valence-electron chi connectivity index (χ4n) is 3.80. The smallest absolute Gasteiger partial charge is 0.203 e. The SMILES string of the molecule is COc1ccc(C2CC(c3cc(OC)c(OC)c(OC)c3)=NO2)cc1CC(C)(C)[Si](C)(C)O. The third-order valence-electron chi connectivity index (χ3n) is 6.63. The van der Waals surface area contributed by atoms with Gasteiger partial charge in [0.25, 0.3) is 0 Å². The molecule has 0 radical (unpaired) electrons. The first-order chi connectivity index (χ1) is 15.5. The van der Waals surface area contributed by atoms with Crippen LogP contribution in [-0.2, 0) is 11.3 Å². The summed E-state index contributed by atoms with van der Waals surface area (Å²) in [5.74, 6) is 2.50. The highest BCUT2D eigenvalue weighted by atomic mass is 28.4. The van der Waals surface area contributed by atoms with Crippen LogP contribution in [0.4, 0.5) is 0 Å². The van der Waals surface area contributed by atoms with E-state index in [-0.39, 0.29) is 11.1 Å². The summed E-state index contributed by atoms with van der Waals surface area (Å²) >= 11 is 0. The molecule has 1 atom stereocenters. The Morgan fingerprint density at radius 2 is 1.58 bits per heavy atom. The van der Waals surface area contributed by atoms with Crippen molar-refractivity contribution in [3.8, 4) is 23.0 Å². The molecule has 1 aliphatic heterocycles. The fraction of sp³-hybridized carbons (Fsp3) is 0.480. The molecule has 180 valence electrons. The van der Waals surface area contributed by atoms with Crippen LogP contribution < -0.4 is 18.9 Å². The molecule has 0 amide bonds. The third kappa shape index (κ3) is 5.12. The quantitative estimate of drug-likeness (QED) is 0.510. The van der Waals surface area contributed by atoms with E-state index in [1.807, 2.05) is 37.4 Å². The van der Waals surface area contributed by atoms with E-state index in [4.69, 9.17) is 23.8 Å². The zero-order valence-corrected chi connectivity index (χ0v) is 21.8. The number of methoxy groups -OCH3 is 4. The van der Waals surface area contributed by atoms with E-state index < -0.39 is 8.32 Å². The van der Waals surface area contributed by atoms with Gasteiger partial charge in [-0.1, -0.05) is 25.1 Å². The van der Waals surface area contributed by atoms with Gasteiger partial charge in [0.05, 0.1) is 34.2 Å². The molecule has 0 spiro atoms. The van der Waals surface area contributed by atoms with E-state index in [1.54, 1.807) is 28.4 Å². The average molecular weight is 474 g/mol. The number of oxime groups is 1. The van der Waals surface area contributed by atoms with Gasteiger partial charge in [0.1, 0.15) is 5.75 Å². The number of hydrogen-bond donors (Lipinski definition) is 1. The van der Waals surface area contributed by atoms with Crippen LogP contribution in [0.5, 0.6) is 23.0 Å². The molecule has 0 aromatic heterocycles. The number of hydrogen-bond acceptors (Lipinski definition) is 7. The molecule has 0 bridgehead atoms. The third-order valence-corrected chi connectivity index (χ3v) is 10.1. The van der Waals surface area contributed by atoms with E-state index in [1.165, 1.54) is 0 Å². The molecule has 2 aromatic carbocycles. The molecule has 0 aliphatic carbocycles. The predicted molar refractivity (Wildman–Crippen MR) is 132 cm³/mol. The monoisotopic (exact) mass is 473 g/mol. The highest BCUT2D eigenvalue weighted by Gasteiger charge is 2.39. The molecule has 1 heterocycles. The Labute approximate surface area is 197 Å². The molecule has 0 fully saturated rings. The Balaban J connectivity index is 1.87. The van der Waals surface area contributed by atoms with Crippen LogP contribution in [0.25, 0.3) is 0 Å². The van der Waals surface area contributed by atoms with Crippen LogP contribution in [0.2, 0.25) is 18.1 Å². The fourth-order valence-corrected chi connectivity index (χ4v) is 4.43. The van der Waals surface area contributed by atoms with Crippen LogP contribution in [-0.4, -0.2) is 47.3 Å². The van der Waals surface area contributed by atoms with Crippen LogP contribution in [0.3, 0.4) is 0 Å². The van der Waals surface area contributed by atoms with Crippen molar-refractivity contribution in [3.63, 3.8) is 0 Å². The zero-order valence-electron chi connectivity index (χ0n) is 20.8. The Hall–Kier alpha value is -2.71. The van der Waals surface area contributed by atoms with Crippen molar-refractivity contribution in [2.45, 2.75) is 50.9 Å². The largest absolute Gasteiger partial charge is 0.496 e. The van der Waals surface area contributed by atoms with E-state index in [0.29, 0.717) is 30.1 Å². The first-order valence-electron chi connectivity index (χ1n) is 11.0. The van der Waals surface area contributed by atoms with Gasteiger partial charge in [-0.15, -0.1) is 0 Å². The maximum Gasteiger partial charge on any atom is 0.203 e. The second-order valence-corrected chi connectivity index (χ2v) is 13.9. The molecule has 7 nitrogen and oxygen atoms in total. The van der Waals surface area contributed by atoms with Gasteiger partial charge >= 0.3 is 0 Å². The molecule has 8 heteroatoms. The number of rotatable bonds is 9. The van der Waals surface area contributed by atoms with Crippen LogP contribution in [0, 0.1) is 0 Å².